The first kappa shape index (κ1) is 12.4. The van der Waals surface area contributed by atoms with E-state index in [9.17, 15) is 4.79 Å². The van der Waals surface area contributed by atoms with Gasteiger partial charge in [-0.05, 0) is 37.7 Å². The summed E-state index contributed by atoms with van der Waals surface area (Å²) in [4.78, 5) is 12.8. The lowest BCUT2D eigenvalue weighted by molar-refractivity contribution is 0.783. The molecule has 0 radical (unpaired) electrons. The summed E-state index contributed by atoms with van der Waals surface area (Å²) in [6.45, 7) is 6.20. The van der Waals surface area contributed by atoms with Crippen LogP contribution in [0.1, 0.15) is 31.0 Å². The zero-order valence-electron chi connectivity index (χ0n) is 9.96. The normalized spacial score (nSPS) is 10.7. The van der Waals surface area contributed by atoms with Crippen LogP contribution in [0.3, 0.4) is 0 Å². The zero-order chi connectivity index (χ0) is 11.4. The Morgan fingerprint density at radius 1 is 1.40 bits per heavy atom. The van der Waals surface area contributed by atoms with Crippen molar-refractivity contribution in [1.82, 2.24) is 4.57 Å². The van der Waals surface area contributed by atoms with Crippen molar-refractivity contribution in [1.29, 1.82) is 0 Å². The summed E-state index contributed by atoms with van der Waals surface area (Å²) < 4.78 is 1.74. The van der Waals surface area contributed by atoms with Crippen LogP contribution in [0.4, 0.5) is 0 Å². The first-order chi connectivity index (χ1) is 7.07. The molecule has 0 unspecified atom stereocenters. The Balaban J connectivity index is 2.94. The molecule has 0 fully saturated rings. The molecule has 0 aliphatic heterocycles. The maximum Gasteiger partial charge on any atom is 0.264 e. The summed E-state index contributed by atoms with van der Waals surface area (Å²) in [5, 5.41) is 0. The fourth-order valence-corrected chi connectivity index (χ4v) is 2.55. The Labute approximate surface area is 95.7 Å². The van der Waals surface area contributed by atoms with Crippen LogP contribution in [0.2, 0.25) is 0 Å². The predicted molar refractivity (Wildman–Crippen MR) is 66.8 cm³/mol. The summed E-state index contributed by atoms with van der Waals surface area (Å²) in [6.07, 6.45) is 2.35. The van der Waals surface area contributed by atoms with Gasteiger partial charge in [0.1, 0.15) is 0 Å². The number of unbranched alkanes of at least 4 members (excludes halogenated alkanes) is 1. The van der Waals surface area contributed by atoms with Crippen LogP contribution in [0.15, 0.2) is 15.8 Å². The summed E-state index contributed by atoms with van der Waals surface area (Å²) >= 11 is 1.68. The molecule has 84 valence electrons. The summed E-state index contributed by atoms with van der Waals surface area (Å²) in [5.74, 6) is 1.04. The molecule has 0 saturated carbocycles. The van der Waals surface area contributed by atoms with Gasteiger partial charge in [0.25, 0.3) is 5.56 Å². The van der Waals surface area contributed by atoms with E-state index in [-0.39, 0.29) is 5.56 Å². The second-order valence-electron chi connectivity index (χ2n) is 3.84. The maximum atomic E-state index is 11.9. The summed E-state index contributed by atoms with van der Waals surface area (Å²) in [6, 6.07) is 2.01. The van der Waals surface area contributed by atoms with E-state index in [0.717, 1.165) is 16.3 Å². The molecular weight excluding hydrogens is 206 g/mol. The number of thioether (sulfide) groups is 1. The van der Waals surface area contributed by atoms with Gasteiger partial charge in [0.15, 0.2) is 0 Å². The highest BCUT2D eigenvalue weighted by Crippen LogP contribution is 2.17. The van der Waals surface area contributed by atoms with Crippen LogP contribution in [-0.4, -0.2) is 10.3 Å². The van der Waals surface area contributed by atoms with Crippen LogP contribution in [0.5, 0.6) is 0 Å². The van der Waals surface area contributed by atoms with Gasteiger partial charge in [0.2, 0.25) is 0 Å². The average Bonchev–Trinajstić information content (AvgIpc) is 2.23. The molecule has 0 aromatic carbocycles. The highest BCUT2D eigenvalue weighted by Gasteiger charge is 2.06. The van der Waals surface area contributed by atoms with Gasteiger partial charge in [-0.1, -0.05) is 13.3 Å². The van der Waals surface area contributed by atoms with E-state index in [1.165, 1.54) is 18.4 Å². The van der Waals surface area contributed by atoms with Gasteiger partial charge in [-0.15, -0.1) is 11.8 Å². The van der Waals surface area contributed by atoms with Crippen molar-refractivity contribution in [3.8, 4) is 0 Å². The number of aryl methyl sites for hydroxylation is 1. The van der Waals surface area contributed by atoms with Gasteiger partial charge in [-0.25, -0.2) is 0 Å². The Morgan fingerprint density at radius 3 is 2.67 bits per heavy atom. The van der Waals surface area contributed by atoms with Crippen LogP contribution in [0.25, 0.3) is 0 Å². The quantitative estimate of drug-likeness (QED) is 0.580. The third-order valence-corrected chi connectivity index (χ3v) is 3.79. The number of nitrogens with zero attached hydrogens (tertiary/aromatic N) is 1. The SMILES string of the molecule is CCCCSc1cc(C)c(C)n(C)c1=O. The molecule has 0 aliphatic carbocycles. The first-order valence-corrected chi connectivity index (χ1v) is 6.36. The molecule has 1 rings (SSSR count). The Hall–Kier alpha value is -0.700. The highest BCUT2D eigenvalue weighted by atomic mass is 32.2. The maximum absolute atomic E-state index is 11.9. The first-order valence-electron chi connectivity index (χ1n) is 5.38. The van der Waals surface area contributed by atoms with Crippen molar-refractivity contribution < 1.29 is 0 Å². The van der Waals surface area contributed by atoms with Gasteiger partial charge in [-0.2, -0.15) is 0 Å². The third kappa shape index (κ3) is 2.88. The van der Waals surface area contributed by atoms with Crippen molar-refractivity contribution in [2.45, 2.75) is 38.5 Å². The lowest BCUT2D eigenvalue weighted by atomic mass is 10.2. The molecule has 1 aromatic rings. The van der Waals surface area contributed by atoms with Gasteiger partial charge in [0.05, 0.1) is 4.90 Å². The van der Waals surface area contributed by atoms with Crippen LogP contribution in [0, 0.1) is 13.8 Å². The molecule has 0 atom stereocenters. The fraction of sp³-hybridized carbons (Fsp3) is 0.583. The van der Waals surface area contributed by atoms with Gasteiger partial charge in [-0.3, -0.25) is 4.79 Å². The smallest absolute Gasteiger partial charge is 0.264 e. The summed E-state index contributed by atoms with van der Waals surface area (Å²) in [7, 11) is 1.84. The summed E-state index contributed by atoms with van der Waals surface area (Å²) in [5.41, 5.74) is 2.38. The van der Waals surface area contributed by atoms with E-state index in [2.05, 4.69) is 13.8 Å². The molecule has 15 heavy (non-hydrogen) atoms. The molecular formula is C12H19NOS. The standard InChI is InChI=1S/C12H19NOS/c1-5-6-7-15-11-8-9(2)10(3)13(4)12(11)14/h8H,5-7H2,1-4H3. The Bertz CT molecular complexity index is 395. The average molecular weight is 225 g/mol. The molecule has 0 N–H and O–H groups in total. The van der Waals surface area contributed by atoms with E-state index < -0.39 is 0 Å². The third-order valence-electron chi connectivity index (χ3n) is 2.69. The molecule has 1 heterocycles. The molecule has 0 spiro atoms. The minimum Gasteiger partial charge on any atom is -0.315 e. The largest absolute Gasteiger partial charge is 0.315 e. The van der Waals surface area contributed by atoms with Crippen molar-refractivity contribution >= 4 is 11.8 Å². The monoisotopic (exact) mass is 225 g/mol. The number of rotatable bonds is 4. The Kier molecular flexibility index (Phi) is 4.45. The Morgan fingerprint density at radius 2 is 2.07 bits per heavy atom. The van der Waals surface area contributed by atoms with Crippen LogP contribution in [-0.2, 0) is 7.05 Å². The molecule has 0 saturated heterocycles. The molecule has 3 heteroatoms. The van der Waals surface area contributed by atoms with E-state index in [1.807, 2.05) is 20.0 Å². The molecule has 0 bridgehead atoms. The van der Waals surface area contributed by atoms with E-state index in [4.69, 9.17) is 0 Å². The van der Waals surface area contributed by atoms with Crippen molar-refractivity contribution in [3.05, 3.63) is 27.7 Å². The van der Waals surface area contributed by atoms with Gasteiger partial charge < -0.3 is 4.57 Å². The molecule has 0 aliphatic rings. The molecule has 0 amide bonds. The minimum atomic E-state index is 0.138. The second-order valence-corrected chi connectivity index (χ2v) is 4.98. The highest BCUT2D eigenvalue weighted by molar-refractivity contribution is 7.99. The van der Waals surface area contributed by atoms with Gasteiger partial charge >= 0.3 is 0 Å². The van der Waals surface area contributed by atoms with E-state index >= 15 is 0 Å². The minimum absolute atomic E-state index is 0.138. The second kappa shape index (κ2) is 5.40. The van der Waals surface area contributed by atoms with Crippen molar-refractivity contribution in [3.63, 3.8) is 0 Å². The lowest BCUT2D eigenvalue weighted by Gasteiger charge is -2.09. The number of aromatic nitrogens is 1. The number of hydrogen-bond acceptors (Lipinski definition) is 2. The van der Waals surface area contributed by atoms with Crippen LogP contribution >= 0.6 is 11.8 Å². The van der Waals surface area contributed by atoms with Gasteiger partial charge in [0, 0.05) is 12.7 Å². The van der Waals surface area contributed by atoms with E-state index in [1.54, 1.807) is 16.3 Å². The van der Waals surface area contributed by atoms with Crippen molar-refractivity contribution in [2.24, 2.45) is 7.05 Å². The van der Waals surface area contributed by atoms with E-state index in [0.29, 0.717) is 0 Å². The predicted octanol–water partition coefficient (Wildman–Crippen LogP) is 2.89. The van der Waals surface area contributed by atoms with Crippen molar-refractivity contribution in [2.75, 3.05) is 5.75 Å². The lowest BCUT2D eigenvalue weighted by Crippen LogP contribution is -2.21. The molecule has 2 nitrogen and oxygen atoms in total. The number of pyridine rings is 1. The fourth-order valence-electron chi connectivity index (χ4n) is 1.37. The zero-order valence-corrected chi connectivity index (χ0v) is 10.8. The number of hydrogen-bond donors (Lipinski definition) is 0. The topological polar surface area (TPSA) is 22.0 Å². The molecule has 1 aromatic heterocycles. The van der Waals surface area contributed by atoms with Crippen LogP contribution < -0.4 is 5.56 Å².